The van der Waals surface area contributed by atoms with E-state index in [2.05, 4.69) is 25.0 Å². The molecule has 9 heteroatoms. The van der Waals surface area contributed by atoms with Crippen LogP contribution in [0.1, 0.15) is 36.6 Å². The highest BCUT2D eigenvalue weighted by Gasteiger charge is 2.23. The van der Waals surface area contributed by atoms with E-state index >= 15 is 0 Å². The summed E-state index contributed by atoms with van der Waals surface area (Å²) in [5.41, 5.74) is 0.834. The summed E-state index contributed by atoms with van der Waals surface area (Å²) >= 11 is 0. The molecule has 1 atom stereocenters. The first kappa shape index (κ1) is 21.1. The molecule has 0 bridgehead atoms. The number of hydrogen-bond acceptors (Lipinski definition) is 7. The van der Waals surface area contributed by atoms with Gasteiger partial charge in [0.2, 0.25) is 5.91 Å². The molecule has 1 aliphatic heterocycles. The normalized spacial score (nSPS) is 15.4. The summed E-state index contributed by atoms with van der Waals surface area (Å²) in [6.07, 6.45) is 1.07. The van der Waals surface area contributed by atoms with Gasteiger partial charge in [0.15, 0.2) is 17.3 Å². The fraction of sp³-hybridized carbons (Fsp3) is 0.550. The second kappa shape index (κ2) is 9.71. The number of carbonyl (C=O) groups is 1. The smallest absolute Gasteiger partial charge is 0.222 e. The van der Waals surface area contributed by atoms with Crippen LogP contribution in [0.25, 0.3) is 0 Å². The topological polar surface area (TPSA) is 102 Å². The van der Waals surface area contributed by atoms with Crippen molar-refractivity contribution in [2.24, 2.45) is 0 Å². The van der Waals surface area contributed by atoms with Crippen LogP contribution in [-0.2, 0) is 29.0 Å². The van der Waals surface area contributed by atoms with Crippen LogP contribution in [0.3, 0.4) is 0 Å². The lowest BCUT2D eigenvalue weighted by Crippen LogP contribution is -2.30. The lowest BCUT2D eigenvalue weighted by molar-refractivity contribution is -0.122. The van der Waals surface area contributed by atoms with Crippen LogP contribution in [0.5, 0.6) is 11.5 Å². The van der Waals surface area contributed by atoms with Crippen LogP contribution in [0.15, 0.2) is 18.2 Å². The van der Waals surface area contributed by atoms with Gasteiger partial charge in [-0.3, -0.25) is 9.69 Å². The number of hydrogen-bond donors (Lipinski definition) is 2. The average Bonchev–Trinajstić information content (AvgIpc) is 3.02. The molecule has 2 N–H and O–H groups in total. The van der Waals surface area contributed by atoms with E-state index in [4.69, 9.17) is 9.47 Å². The fourth-order valence-electron chi connectivity index (χ4n) is 3.54. The number of benzene rings is 1. The maximum atomic E-state index is 12.0. The first-order chi connectivity index (χ1) is 14.0. The minimum Gasteiger partial charge on any atom is -0.504 e. The lowest BCUT2D eigenvalue weighted by Gasteiger charge is -2.21. The van der Waals surface area contributed by atoms with Gasteiger partial charge in [0.1, 0.15) is 5.82 Å². The van der Waals surface area contributed by atoms with E-state index in [1.807, 2.05) is 19.1 Å². The summed E-state index contributed by atoms with van der Waals surface area (Å²) in [4.78, 5) is 14.3. The summed E-state index contributed by atoms with van der Waals surface area (Å²) in [7, 11) is 3.12. The van der Waals surface area contributed by atoms with Crippen molar-refractivity contribution >= 4 is 5.91 Å². The van der Waals surface area contributed by atoms with Crippen molar-refractivity contribution in [2.75, 3.05) is 33.9 Å². The third-order valence-corrected chi connectivity index (χ3v) is 5.14. The van der Waals surface area contributed by atoms with Gasteiger partial charge in [-0.2, -0.15) is 0 Å². The summed E-state index contributed by atoms with van der Waals surface area (Å²) < 4.78 is 12.2. The Balaban J connectivity index is 1.64. The number of fused-ring (bicyclic) bond motifs is 1. The predicted molar refractivity (Wildman–Crippen MR) is 107 cm³/mol. The average molecular weight is 403 g/mol. The van der Waals surface area contributed by atoms with Gasteiger partial charge < -0.3 is 24.5 Å². The molecule has 1 aromatic heterocycles. The molecule has 0 spiro atoms. The van der Waals surface area contributed by atoms with E-state index in [0.717, 1.165) is 43.3 Å². The molecule has 9 nitrogen and oxygen atoms in total. The van der Waals surface area contributed by atoms with Crippen molar-refractivity contribution in [2.45, 2.75) is 38.9 Å². The van der Waals surface area contributed by atoms with Crippen LogP contribution in [-0.4, -0.2) is 64.6 Å². The van der Waals surface area contributed by atoms with Gasteiger partial charge in [0.05, 0.1) is 19.8 Å². The highest BCUT2D eigenvalue weighted by Crippen LogP contribution is 2.30. The summed E-state index contributed by atoms with van der Waals surface area (Å²) in [6, 6.07) is 5.31. The Morgan fingerprint density at radius 1 is 1.28 bits per heavy atom. The number of carbonyl (C=O) groups excluding carboxylic acids is 1. The molecule has 158 valence electrons. The number of methoxy groups -OCH3 is 2. The molecule has 29 heavy (non-hydrogen) atoms. The van der Waals surface area contributed by atoms with Crippen molar-refractivity contribution in [3.05, 3.63) is 35.4 Å². The third kappa shape index (κ3) is 5.04. The van der Waals surface area contributed by atoms with Gasteiger partial charge in [0, 0.05) is 51.7 Å². The van der Waals surface area contributed by atoms with Gasteiger partial charge in [-0.1, -0.05) is 12.1 Å². The molecular formula is C20H29N5O4. The van der Waals surface area contributed by atoms with Gasteiger partial charge >= 0.3 is 0 Å². The highest BCUT2D eigenvalue weighted by molar-refractivity contribution is 5.76. The number of ether oxygens (including phenoxy) is 2. The molecule has 1 amide bonds. The van der Waals surface area contributed by atoms with E-state index in [-0.39, 0.29) is 17.7 Å². The monoisotopic (exact) mass is 403 g/mol. The van der Waals surface area contributed by atoms with Crippen LogP contribution in [0.2, 0.25) is 0 Å². The van der Waals surface area contributed by atoms with E-state index in [0.29, 0.717) is 25.3 Å². The lowest BCUT2D eigenvalue weighted by atomic mass is 10.1. The molecule has 0 radical (unpaired) electrons. The Bertz CT molecular complexity index is 838. The Kier molecular flexibility index (Phi) is 7.05. The van der Waals surface area contributed by atoms with E-state index in [1.165, 1.54) is 0 Å². The first-order valence-electron chi connectivity index (χ1n) is 9.81. The van der Waals surface area contributed by atoms with E-state index < -0.39 is 0 Å². The Labute approximate surface area is 170 Å². The number of aromatic hydroxyl groups is 1. The van der Waals surface area contributed by atoms with Crippen LogP contribution < -0.4 is 10.1 Å². The van der Waals surface area contributed by atoms with Crippen molar-refractivity contribution in [1.82, 2.24) is 25.0 Å². The number of para-hydroxylation sites is 1. The van der Waals surface area contributed by atoms with Gasteiger partial charge in [-0.25, -0.2) is 0 Å². The number of rotatable bonds is 8. The van der Waals surface area contributed by atoms with E-state index in [9.17, 15) is 9.90 Å². The molecule has 0 aliphatic carbocycles. The molecule has 2 aromatic rings. The quantitative estimate of drug-likeness (QED) is 0.684. The number of amides is 1. The molecule has 2 heterocycles. The minimum atomic E-state index is -0.227. The molecule has 1 unspecified atom stereocenters. The van der Waals surface area contributed by atoms with Gasteiger partial charge in [-0.15, -0.1) is 10.2 Å². The molecule has 0 saturated carbocycles. The Morgan fingerprint density at radius 2 is 2.10 bits per heavy atom. The number of nitrogens with zero attached hydrogens (tertiary/aromatic N) is 4. The number of aromatic nitrogens is 3. The van der Waals surface area contributed by atoms with E-state index in [1.54, 1.807) is 20.3 Å². The zero-order chi connectivity index (χ0) is 20.8. The largest absolute Gasteiger partial charge is 0.504 e. The van der Waals surface area contributed by atoms with Crippen LogP contribution in [0.4, 0.5) is 0 Å². The summed E-state index contributed by atoms with van der Waals surface area (Å²) in [5.74, 6) is 2.27. The number of phenols is 1. The number of phenolic OH excluding ortho intramolecular Hbond substituents is 1. The minimum absolute atomic E-state index is 0.0690. The maximum absolute atomic E-state index is 12.0. The Hall–Kier alpha value is -2.65. The molecule has 0 saturated heterocycles. The third-order valence-electron chi connectivity index (χ3n) is 5.14. The van der Waals surface area contributed by atoms with Crippen molar-refractivity contribution < 1.29 is 19.4 Å². The van der Waals surface area contributed by atoms with Crippen molar-refractivity contribution in [3.8, 4) is 11.5 Å². The molecular weight excluding hydrogens is 374 g/mol. The van der Waals surface area contributed by atoms with Crippen molar-refractivity contribution in [1.29, 1.82) is 0 Å². The van der Waals surface area contributed by atoms with Crippen molar-refractivity contribution in [3.63, 3.8) is 0 Å². The first-order valence-corrected chi connectivity index (χ1v) is 9.81. The highest BCUT2D eigenvalue weighted by atomic mass is 16.5. The predicted octanol–water partition coefficient (Wildman–Crippen LogP) is 1.26. The summed E-state index contributed by atoms with van der Waals surface area (Å²) in [5, 5.41) is 22.0. The number of nitrogens with one attached hydrogen (secondary N) is 1. The Morgan fingerprint density at radius 3 is 2.86 bits per heavy atom. The SMILES string of the molecule is COCCC(=O)NC(C)c1nnc2n1CCN(Cc1cccc(OC)c1O)CC2. The van der Waals surface area contributed by atoms with Crippen LogP contribution in [0, 0.1) is 0 Å². The summed E-state index contributed by atoms with van der Waals surface area (Å²) in [6.45, 7) is 5.25. The fourth-order valence-corrected chi connectivity index (χ4v) is 3.54. The molecule has 0 fully saturated rings. The second-order valence-electron chi connectivity index (χ2n) is 7.15. The standard InChI is InChI=1S/C20H29N5O4/c1-14(21-18(26)8-12-28-2)20-23-22-17-7-9-24(10-11-25(17)20)13-15-5-4-6-16(29-3)19(15)27/h4-6,14,27H,7-13H2,1-3H3,(H,21,26). The molecule has 3 rings (SSSR count). The zero-order valence-electron chi connectivity index (χ0n) is 17.2. The molecule has 1 aliphatic rings. The van der Waals surface area contributed by atoms with Gasteiger partial charge in [0.25, 0.3) is 0 Å². The second-order valence-corrected chi connectivity index (χ2v) is 7.15. The maximum Gasteiger partial charge on any atom is 0.222 e. The molecule has 1 aromatic carbocycles. The van der Waals surface area contributed by atoms with Crippen LogP contribution >= 0.6 is 0 Å². The van der Waals surface area contributed by atoms with Gasteiger partial charge in [-0.05, 0) is 13.0 Å². The zero-order valence-corrected chi connectivity index (χ0v) is 17.2.